The fraction of sp³-hybridized carbons (Fsp3) is 0.286. The van der Waals surface area contributed by atoms with Crippen molar-refractivity contribution in [2.45, 2.75) is 27.7 Å². The molecule has 39 heavy (non-hydrogen) atoms. The number of amides is 1. The third-order valence-electron chi connectivity index (χ3n) is 6.08. The van der Waals surface area contributed by atoms with Crippen LogP contribution in [0.15, 0.2) is 66.7 Å². The number of hydrogen-bond donors (Lipinski definition) is 2. The molecule has 0 aliphatic carbocycles. The molecule has 3 aromatic carbocycles. The van der Waals surface area contributed by atoms with E-state index in [0.717, 1.165) is 35.5 Å². The maximum absolute atomic E-state index is 12.8. The Hall–Kier alpha value is -4.80. The van der Waals surface area contributed by atoms with E-state index >= 15 is 0 Å². The Morgan fingerprint density at radius 3 is 2.13 bits per heavy atom. The van der Waals surface area contributed by atoms with Crippen LogP contribution in [0, 0.1) is 22.0 Å². The maximum atomic E-state index is 12.8. The summed E-state index contributed by atoms with van der Waals surface area (Å²) < 4.78 is 0. The monoisotopic (exact) mass is 529 g/mol. The van der Waals surface area contributed by atoms with Crippen molar-refractivity contribution in [3.63, 3.8) is 0 Å². The van der Waals surface area contributed by atoms with E-state index in [1.807, 2.05) is 42.5 Å². The van der Waals surface area contributed by atoms with Crippen LogP contribution in [0.5, 0.6) is 0 Å². The van der Waals surface area contributed by atoms with Gasteiger partial charge < -0.3 is 10.0 Å². The van der Waals surface area contributed by atoms with Crippen LogP contribution in [-0.2, 0) is 0 Å². The second-order valence-electron chi connectivity index (χ2n) is 10.1. The summed E-state index contributed by atoms with van der Waals surface area (Å²) in [7, 11) is 0. The Morgan fingerprint density at radius 1 is 0.949 bits per heavy atom. The lowest BCUT2D eigenvalue weighted by molar-refractivity contribution is -0.384. The van der Waals surface area contributed by atoms with E-state index in [0.29, 0.717) is 29.0 Å². The summed E-state index contributed by atoms with van der Waals surface area (Å²) in [6.45, 7) is 9.92. The molecule has 4 rings (SSSR count). The van der Waals surface area contributed by atoms with Gasteiger partial charge in [0, 0.05) is 30.8 Å². The van der Waals surface area contributed by atoms with E-state index in [-0.39, 0.29) is 5.69 Å². The number of hydrogen-bond acceptors (Lipinski definition) is 7. The molecule has 202 valence electrons. The minimum Gasteiger partial charge on any atom is -0.464 e. The standard InChI is InChI=1S/C28H31N7O4/c1-18(2)16-33(17-19(3)4)25-14-9-20(23-7-5-6-8-24(23)27-29-31-32-30-27)15-26(25)34(28(36)37)21-10-12-22(13-11-21)35(38)39/h5-15,18-19H,16-17H2,1-4H3,(H,36,37)(H,29,30,31,32). The van der Waals surface area contributed by atoms with Crippen LogP contribution < -0.4 is 9.80 Å². The van der Waals surface area contributed by atoms with Gasteiger partial charge in [0.1, 0.15) is 0 Å². The van der Waals surface area contributed by atoms with E-state index in [2.05, 4.69) is 53.2 Å². The average molecular weight is 530 g/mol. The van der Waals surface area contributed by atoms with E-state index in [9.17, 15) is 20.0 Å². The van der Waals surface area contributed by atoms with Gasteiger partial charge in [0.15, 0.2) is 5.82 Å². The molecule has 0 aliphatic heterocycles. The Labute approximate surface area is 226 Å². The van der Waals surface area contributed by atoms with E-state index < -0.39 is 11.0 Å². The Kier molecular flexibility index (Phi) is 8.18. The van der Waals surface area contributed by atoms with Crippen molar-refractivity contribution in [2.75, 3.05) is 22.9 Å². The molecule has 0 fully saturated rings. The number of carbonyl (C=O) groups is 1. The van der Waals surface area contributed by atoms with Gasteiger partial charge in [-0.25, -0.2) is 14.8 Å². The quantitative estimate of drug-likeness (QED) is 0.178. The molecular formula is C28H31N7O4. The minimum absolute atomic E-state index is 0.117. The van der Waals surface area contributed by atoms with Crippen LogP contribution in [0.2, 0.25) is 0 Å². The minimum atomic E-state index is -1.20. The fourth-order valence-electron chi connectivity index (χ4n) is 4.58. The molecule has 0 atom stereocenters. The average Bonchev–Trinajstić information content (AvgIpc) is 3.43. The first-order chi connectivity index (χ1) is 18.7. The molecule has 0 saturated heterocycles. The van der Waals surface area contributed by atoms with Gasteiger partial charge in [0.05, 0.1) is 22.0 Å². The molecule has 0 unspecified atom stereocenters. The normalized spacial score (nSPS) is 11.1. The Balaban J connectivity index is 1.94. The van der Waals surface area contributed by atoms with Gasteiger partial charge in [-0.1, -0.05) is 58.0 Å². The molecule has 0 spiro atoms. The topological polar surface area (TPSA) is 141 Å². The lowest BCUT2D eigenvalue weighted by Gasteiger charge is -2.33. The first kappa shape index (κ1) is 27.2. The van der Waals surface area contributed by atoms with Crippen molar-refractivity contribution in [2.24, 2.45) is 11.8 Å². The first-order valence-corrected chi connectivity index (χ1v) is 12.7. The Morgan fingerprint density at radius 2 is 1.59 bits per heavy atom. The molecule has 0 radical (unpaired) electrons. The van der Waals surface area contributed by atoms with Crippen LogP contribution in [0.1, 0.15) is 27.7 Å². The molecule has 1 aromatic heterocycles. The summed E-state index contributed by atoms with van der Waals surface area (Å²) in [6, 6.07) is 18.8. The maximum Gasteiger partial charge on any atom is 0.416 e. The van der Waals surface area contributed by atoms with E-state index in [4.69, 9.17) is 0 Å². The smallest absolute Gasteiger partial charge is 0.416 e. The number of benzene rings is 3. The highest BCUT2D eigenvalue weighted by molar-refractivity contribution is 6.00. The zero-order chi connectivity index (χ0) is 28.1. The van der Waals surface area contributed by atoms with E-state index in [1.165, 1.54) is 29.2 Å². The van der Waals surface area contributed by atoms with Crippen molar-refractivity contribution >= 4 is 28.8 Å². The van der Waals surface area contributed by atoms with Gasteiger partial charge in [-0.05, 0) is 57.7 Å². The van der Waals surface area contributed by atoms with Gasteiger partial charge in [-0.2, -0.15) is 0 Å². The van der Waals surface area contributed by atoms with Crippen LogP contribution in [0.3, 0.4) is 0 Å². The van der Waals surface area contributed by atoms with Gasteiger partial charge in [0.25, 0.3) is 5.69 Å². The van der Waals surface area contributed by atoms with Crippen LogP contribution in [0.25, 0.3) is 22.5 Å². The third kappa shape index (κ3) is 6.20. The molecular weight excluding hydrogens is 498 g/mol. The number of nitrogens with zero attached hydrogens (tertiary/aromatic N) is 6. The number of nitro benzene ring substituents is 1. The number of H-pyrrole nitrogens is 1. The number of carboxylic acid groups (broad SMARTS) is 1. The molecule has 11 heteroatoms. The largest absolute Gasteiger partial charge is 0.464 e. The van der Waals surface area contributed by atoms with Crippen molar-refractivity contribution in [3.8, 4) is 22.5 Å². The number of anilines is 3. The number of nitrogens with one attached hydrogen (secondary N) is 1. The number of tetrazole rings is 1. The summed E-state index contributed by atoms with van der Waals surface area (Å²) in [5, 5.41) is 35.9. The summed E-state index contributed by atoms with van der Waals surface area (Å²) in [5.41, 5.74) is 3.73. The number of aromatic amines is 1. The van der Waals surface area contributed by atoms with Gasteiger partial charge in [-0.3, -0.25) is 10.1 Å². The van der Waals surface area contributed by atoms with E-state index in [1.54, 1.807) is 0 Å². The number of non-ortho nitro benzene ring substituents is 1. The number of nitro groups is 1. The van der Waals surface area contributed by atoms with Crippen LogP contribution >= 0.6 is 0 Å². The zero-order valence-corrected chi connectivity index (χ0v) is 22.3. The third-order valence-corrected chi connectivity index (χ3v) is 6.08. The number of rotatable bonds is 10. The highest BCUT2D eigenvalue weighted by atomic mass is 16.6. The van der Waals surface area contributed by atoms with Crippen molar-refractivity contribution in [3.05, 3.63) is 76.8 Å². The van der Waals surface area contributed by atoms with Gasteiger partial charge >= 0.3 is 6.09 Å². The highest BCUT2D eigenvalue weighted by Crippen LogP contribution is 2.41. The van der Waals surface area contributed by atoms with Crippen LogP contribution in [-0.4, -0.2) is 49.8 Å². The second-order valence-corrected chi connectivity index (χ2v) is 10.1. The van der Waals surface area contributed by atoms with Gasteiger partial charge in [0.2, 0.25) is 0 Å². The predicted molar refractivity (Wildman–Crippen MR) is 150 cm³/mol. The lowest BCUT2D eigenvalue weighted by atomic mass is 9.97. The molecule has 4 aromatic rings. The summed E-state index contributed by atoms with van der Waals surface area (Å²) >= 11 is 0. The van der Waals surface area contributed by atoms with Crippen molar-refractivity contribution in [1.82, 2.24) is 20.6 Å². The Bertz CT molecular complexity index is 1430. The molecule has 0 aliphatic rings. The zero-order valence-electron chi connectivity index (χ0n) is 22.3. The first-order valence-electron chi connectivity index (χ1n) is 12.7. The molecule has 0 bridgehead atoms. The molecule has 0 saturated carbocycles. The van der Waals surface area contributed by atoms with Crippen molar-refractivity contribution in [1.29, 1.82) is 0 Å². The lowest BCUT2D eigenvalue weighted by Crippen LogP contribution is -2.34. The highest BCUT2D eigenvalue weighted by Gasteiger charge is 2.25. The molecule has 1 amide bonds. The molecule has 11 nitrogen and oxygen atoms in total. The fourth-order valence-corrected chi connectivity index (χ4v) is 4.58. The molecule has 1 heterocycles. The number of aromatic nitrogens is 4. The summed E-state index contributed by atoms with van der Waals surface area (Å²) in [6.07, 6.45) is -1.20. The summed E-state index contributed by atoms with van der Waals surface area (Å²) in [4.78, 5) is 26.9. The SMILES string of the molecule is CC(C)CN(CC(C)C)c1ccc(-c2ccccc2-c2nnn[nH]2)cc1N(C(=O)O)c1ccc([N+](=O)[O-])cc1. The van der Waals surface area contributed by atoms with Gasteiger partial charge in [-0.15, -0.1) is 5.10 Å². The molecule has 2 N–H and O–H groups in total. The summed E-state index contributed by atoms with van der Waals surface area (Å²) in [5.74, 6) is 1.14. The predicted octanol–water partition coefficient (Wildman–Crippen LogP) is 6.38. The van der Waals surface area contributed by atoms with Crippen molar-refractivity contribution < 1.29 is 14.8 Å². The second kappa shape index (κ2) is 11.7. The van der Waals surface area contributed by atoms with Crippen LogP contribution in [0.4, 0.5) is 27.5 Å².